The van der Waals surface area contributed by atoms with Crippen molar-refractivity contribution in [2.75, 3.05) is 6.54 Å². The highest BCUT2D eigenvalue weighted by Gasteiger charge is 2.25. The van der Waals surface area contributed by atoms with E-state index in [1.165, 1.54) is 10.1 Å². The van der Waals surface area contributed by atoms with Gasteiger partial charge in [-0.15, -0.1) is 0 Å². The Bertz CT molecular complexity index is 1170. The molecule has 4 aromatic rings. The van der Waals surface area contributed by atoms with Gasteiger partial charge in [-0.3, -0.25) is 19.8 Å². The quantitative estimate of drug-likeness (QED) is 0.570. The van der Waals surface area contributed by atoms with Crippen LogP contribution in [0.2, 0.25) is 0 Å². The zero-order chi connectivity index (χ0) is 19.6. The van der Waals surface area contributed by atoms with Crippen molar-refractivity contribution in [1.29, 1.82) is 0 Å². The normalized spacial score (nSPS) is 17.2. The molecule has 3 aromatic heterocycles. The number of hydrogen-bond acceptors (Lipinski definition) is 5. The van der Waals surface area contributed by atoms with Gasteiger partial charge < -0.3 is 0 Å². The number of aromatic nitrogens is 5. The lowest BCUT2D eigenvalue weighted by molar-refractivity contribution is 0.241. The number of pyridine rings is 1. The topological polar surface area (TPSA) is 79.2 Å². The number of fused-ring (bicyclic) bond motifs is 1. The van der Waals surface area contributed by atoms with Gasteiger partial charge in [0.2, 0.25) is 0 Å². The number of benzene rings is 1. The second kappa shape index (κ2) is 7.60. The van der Waals surface area contributed by atoms with Crippen molar-refractivity contribution in [3.8, 4) is 11.4 Å². The molecule has 29 heavy (non-hydrogen) atoms. The Morgan fingerprint density at radius 1 is 1.10 bits per heavy atom. The van der Waals surface area contributed by atoms with Crippen molar-refractivity contribution in [2.45, 2.75) is 31.8 Å². The smallest absolute Gasteiger partial charge is 0.274 e. The zero-order valence-corrected chi connectivity index (χ0v) is 16.0. The molecule has 0 radical (unpaired) electrons. The first kappa shape index (κ1) is 17.8. The summed E-state index contributed by atoms with van der Waals surface area (Å²) in [5.74, 6) is 1.05. The largest absolute Gasteiger partial charge is 0.294 e. The molecule has 7 nitrogen and oxygen atoms in total. The minimum atomic E-state index is -0.136. The van der Waals surface area contributed by atoms with E-state index in [0.29, 0.717) is 24.2 Å². The SMILES string of the molecule is O=c1cc(CN2CCCC2Cc2cccnc2)nc2nc(-c3ccccc3)[nH]n12. The Morgan fingerprint density at radius 3 is 2.83 bits per heavy atom. The second-order valence-corrected chi connectivity index (χ2v) is 7.49. The Kier molecular flexibility index (Phi) is 4.65. The second-order valence-electron chi connectivity index (χ2n) is 7.49. The Balaban J connectivity index is 1.39. The van der Waals surface area contributed by atoms with Crippen LogP contribution in [0.15, 0.2) is 65.7 Å². The van der Waals surface area contributed by atoms with Gasteiger partial charge in [0.25, 0.3) is 11.3 Å². The molecule has 146 valence electrons. The molecule has 4 heterocycles. The zero-order valence-electron chi connectivity index (χ0n) is 16.0. The van der Waals surface area contributed by atoms with Gasteiger partial charge in [-0.1, -0.05) is 36.4 Å². The molecule has 1 fully saturated rings. The van der Waals surface area contributed by atoms with Crippen molar-refractivity contribution >= 4 is 5.78 Å². The third-order valence-corrected chi connectivity index (χ3v) is 5.49. The summed E-state index contributed by atoms with van der Waals surface area (Å²) in [6.07, 6.45) is 7.01. The average molecular weight is 386 g/mol. The van der Waals surface area contributed by atoms with Gasteiger partial charge in [0.1, 0.15) is 0 Å². The van der Waals surface area contributed by atoms with Gasteiger partial charge in [0, 0.05) is 36.6 Å². The molecular formula is C22H22N6O. The summed E-state index contributed by atoms with van der Waals surface area (Å²) in [5.41, 5.74) is 2.80. The van der Waals surface area contributed by atoms with Crippen LogP contribution in [0.5, 0.6) is 0 Å². The van der Waals surface area contributed by atoms with Gasteiger partial charge in [0.05, 0.1) is 5.69 Å². The average Bonchev–Trinajstić information content (AvgIpc) is 3.37. The minimum absolute atomic E-state index is 0.136. The van der Waals surface area contributed by atoms with Crippen LogP contribution in [-0.2, 0) is 13.0 Å². The highest BCUT2D eigenvalue weighted by molar-refractivity contribution is 5.56. The van der Waals surface area contributed by atoms with E-state index >= 15 is 0 Å². The van der Waals surface area contributed by atoms with Gasteiger partial charge in [-0.2, -0.15) is 9.50 Å². The highest BCUT2D eigenvalue weighted by atomic mass is 16.1. The van der Waals surface area contributed by atoms with E-state index in [4.69, 9.17) is 0 Å². The van der Waals surface area contributed by atoms with Crippen LogP contribution in [0, 0.1) is 0 Å². The van der Waals surface area contributed by atoms with Crippen LogP contribution in [-0.4, -0.2) is 42.1 Å². The van der Waals surface area contributed by atoms with Crippen LogP contribution in [0.4, 0.5) is 0 Å². The maximum atomic E-state index is 12.6. The van der Waals surface area contributed by atoms with Crippen LogP contribution >= 0.6 is 0 Å². The maximum absolute atomic E-state index is 12.6. The summed E-state index contributed by atoms with van der Waals surface area (Å²) < 4.78 is 1.41. The molecule has 5 rings (SSSR count). The fourth-order valence-electron chi connectivity index (χ4n) is 4.07. The summed E-state index contributed by atoms with van der Waals surface area (Å²) in [5, 5.41) is 3.05. The van der Waals surface area contributed by atoms with Crippen molar-refractivity contribution < 1.29 is 0 Å². The number of aromatic amines is 1. The van der Waals surface area contributed by atoms with Crippen LogP contribution in [0.1, 0.15) is 24.1 Å². The van der Waals surface area contributed by atoms with Crippen LogP contribution < -0.4 is 5.56 Å². The predicted octanol–water partition coefficient (Wildman–Crippen LogP) is 2.69. The molecule has 1 unspecified atom stereocenters. The summed E-state index contributed by atoms with van der Waals surface area (Å²) in [6.45, 7) is 1.67. The van der Waals surface area contributed by atoms with Crippen molar-refractivity contribution in [3.63, 3.8) is 0 Å². The molecule has 0 aliphatic carbocycles. The first-order chi connectivity index (χ1) is 14.3. The van der Waals surface area contributed by atoms with E-state index in [1.807, 2.05) is 42.6 Å². The van der Waals surface area contributed by atoms with Crippen molar-refractivity contribution in [3.05, 3.63) is 82.5 Å². The third-order valence-electron chi connectivity index (χ3n) is 5.49. The molecular weight excluding hydrogens is 364 g/mol. The highest BCUT2D eigenvalue weighted by Crippen LogP contribution is 2.23. The molecule has 1 N–H and O–H groups in total. The van der Waals surface area contributed by atoms with Crippen molar-refractivity contribution in [1.82, 2.24) is 29.5 Å². The lowest BCUT2D eigenvalue weighted by Crippen LogP contribution is -2.31. The molecule has 0 bridgehead atoms. The number of nitrogens with zero attached hydrogens (tertiary/aromatic N) is 5. The molecule has 1 aliphatic rings. The molecule has 1 aliphatic heterocycles. The van der Waals surface area contributed by atoms with Crippen molar-refractivity contribution in [2.24, 2.45) is 0 Å². The Morgan fingerprint density at radius 2 is 2.00 bits per heavy atom. The maximum Gasteiger partial charge on any atom is 0.274 e. The fraction of sp³-hybridized carbons (Fsp3) is 0.273. The Labute approximate surface area is 168 Å². The number of likely N-dealkylation sites (tertiary alicyclic amines) is 1. The minimum Gasteiger partial charge on any atom is -0.294 e. The lowest BCUT2D eigenvalue weighted by atomic mass is 10.1. The molecule has 1 atom stereocenters. The Hall–Kier alpha value is -3.32. The number of H-pyrrole nitrogens is 1. The summed E-state index contributed by atoms with van der Waals surface area (Å²) >= 11 is 0. The summed E-state index contributed by atoms with van der Waals surface area (Å²) in [4.78, 5) is 28.4. The van der Waals surface area contributed by atoms with Gasteiger partial charge in [-0.25, -0.2) is 4.98 Å². The predicted molar refractivity (Wildman–Crippen MR) is 110 cm³/mol. The number of nitrogens with one attached hydrogen (secondary N) is 1. The number of hydrogen-bond donors (Lipinski definition) is 1. The van der Waals surface area contributed by atoms with E-state index in [-0.39, 0.29) is 5.56 Å². The molecule has 1 aromatic carbocycles. The number of rotatable bonds is 5. The van der Waals surface area contributed by atoms with Crippen LogP contribution in [0.3, 0.4) is 0 Å². The van der Waals surface area contributed by atoms with Gasteiger partial charge >= 0.3 is 0 Å². The van der Waals surface area contributed by atoms with Gasteiger partial charge in [-0.05, 0) is 37.4 Å². The van der Waals surface area contributed by atoms with E-state index < -0.39 is 0 Å². The molecule has 1 saturated heterocycles. The lowest BCUT2D eigenvalue weighted by Gasteiger charge is -2.24. The van der Waals surface area contributed by atoms with Gasteiger partial charge in [0.15, 0.2) is 5.82 Å². The third kappa shape index (κ3) is 3.69. The molecule has 0 amide bonds. The summed E-state index contributed by atoms with van der Waals surface area (Å²) in [7, 11) is 0. The van der Waals surface area contributed by atoms with E-state index in [2.05, 4.69) is 31.0 Å². The van der Waals surface area contributed by atoms with E-state index in [1.54, 1.807) is 12.3 Å². The van der Waals surface area contributed by atoms with Crippen LogP contribution in [0.25, 0.3) is 17.2 Å². The monoisotopic (exact) mass is 386 g/mol. The summed E-state index contributed by atoms with van der Waals surface area (Å²) in [6, 6.07) is 15.9. The fourth-order valence-corrected chi connectivity index (χ4v) is 4.07. The molecule has 7 heteroatoms. The first-order valence-corrected chi connectivity index (χ1v) is 9.93. The molecule has 0 spiro atoms. The standard InChI is InChI=1S/C22H22N6O/c29-20-13-18(15-27-11-5-9-19(27)12-16-6-4-10-23-14-16)24-22-25-21(26-28(20)22)17-7-2-1-3-8-17/h1-4,6-8,10,13-14,19H,5,9,11-12,15H2,(H,24,25,26). The molecule has 0 saturated carbocycles. The van der Waals surface area contributed by atoms with E-state index in [9.17, 15) is 4.79 Å². The van der Waals surface area contributed by atoms with E-state index in [0.717, 1.165) is 37.1 Å². The first-order valence-electron chi connectivity index (χ1n) is 9.93.